The highest BCUT2D eigenvalue weighted by atomic mass is 32.2. The molecule has 4 atom stereocenters. The van der Waals surface area contributed by atoms with E-state index in [1.54, 1.807) is 29.6 Å². The summed E-state index contributed by atoms with van der Waals surface area (Å²) in [5.41, 5.74) is 4.46. The van der Waals surface area contributed by atoms with Gasteiger partial charge < -0.3 is 19.9 Å². The number of halogens is 2. The van der Waals surface area contributed by atoms with E-state index in [-0.39, 0.29) is 25.0 Å². The molecule has 0 bridgehead atoms. The smallest absolute Gasteiger partial charge is 0.407 e. The number of carbonyl (C=O) groups is 2. The summed E-state index contributed by atoms with van der Waals surface area (Å²) < 4.78 is 57.5. The summed E-state index contributed by atoms with van der Waals surface area (Å²) >= 11 is -1.58. The van der Waals surface area contributed by atoms with Gasteiger partial charge in [-0.15, -0.1) is 11.3 Å². The van der Waals surface area contributed by atoms with Gasteiger partial charge in [0.1, 0.15) is 22.4 Å². The Morgan fingerprint density at radius 1 is 1.13 bits per heavy atom. The van der Waals surface area contributed by atoms with E-state index < -0.39 is 47.3 Å². The van der Waals surface area contributed by atoms with Gasteiger partial charge in [-0.1, -0.05) is 42.5 Å². The number of nitrogens with one attached hydrogen (secondary N) is 3. The molecule has 2 unspecified atom stereocenters. The Morgan fingerprint density at radius 2 is 1.79 bits per heavy atom. The molecule has 4 rings (SSSR count). The maximum atomic E-state index is 13.7. The minimum atomic E-state index is -2.78. The van der Waals surface area contributed by atoms with E-state index in [2.05, 4.69) is 30.1 Å². The van der Waals surface area contributed by atoms with Crippen LogP contribution in [0, 0.1) is 0 Å². The maximum absolute atomic E-state index is 13.7. The number of alkyl halides is 2. The molecule has 0 radical (unpaired) electrons. The van der Waals surface area contributed by atoms with E-state index in [1.165, 1.54) is 7.11 Å². The van der Waals surface area contributed by atoms with Gasteiger partial charge in [0.25, 0.3) is 5.92 Å². The zero-order valence-corrected chi connectivity index (χ0v) is 22.2. The van der Waals surface area contributed by atoms with Gasteiger partial charge in [-0.05, 0) is 29.7 Å². The quantitative estimate of drug-likeness (QED) is 0.218. The van der Waals surface area contributed by atoms with E-state index in [9.17, 15) is 27.1 Å². The summed E-state index contributed by atoms with van der Waals surface area (Å²) in [6, 6.07) is 14.0. The Bertz CT molecular complexity index is 1310. The topological polar surface area (TPSA) is 142 Å². The molecule has 14 heteroatoms. The van der Waals surface area contributed by atoms with E-state index in [1.807, 2.05) is 30.3 Å². The van der Waals surface area contributed by atoms with Crippen LogP contribution >= 0.6 is 11.3 Å². The number of alkyl carbamates (subject to hydrolysis) is 1. The van der Waals surface area contributed by atoms with E-state index in [4.69, 9.17) is 0 Å². The molecule has 1 aromatic heterocycles. The third-order valence-corrected chi connectivity index (χ3v) is 7.23. The number of hydrogen-bond donors (Lipinski definition) is 3. The second kappa shape index (κ2) is 12.6. The molecule has 0 saturated heterocycles. The first kappa shape index (κ1) is 28.5. The lowest BCUT2D eigenvalue weighted by molar-refractivity contribution is -0.123. The summed E-state index contributed by atoms with van der Waals surface area (Å²) in [7, 11) is 1.19. The van der Waals surface area contributed by atoms with Crippen LogP contribution in [0.15, 0.2) is 60.0 Å². The lowest BCUT2D eigenvalue weighted by Crippen LogP contribution is -2.49. The molecule has 1 aliphatic carbocycles. The number of benzene rings is 2. The third kappa shape index (κ3) is 8.02. The van der Waals surface area contributed by atoms with Gasteiger partial charge in [0.2, 0.25) is 5.91 Å². The fourth-order valence-corrected chi connectivity index (χ4v) is 5.00. The van der Waals surface area contributed by atoms with E-state index >= 15 is 0 Å². The Morgan fingerprint density at radius 3 is 2.41 bits per heavy atom. The van der Waals surface area contributed by atoms with Crippen molar-refractivity contribution in [2.24, 2.45) is 0 Å². The first-order valence-electron chi connectivity index (χ1n) is 11.8. The second-order valence-electron chi connectivity index (χ2n) is 8.86. The average Bonchev–Trinajstić information content (AvgIpc) is 3.31. The Hall–Kier alpha value is -3.46. The predicted octanol–water partition coefficient (Wildman–Crippen LogP) is 3.77. The Labute approximate surface area is 229 Å². The van der Waals surface area contributed by atoms with Gasteiger partial charge in [0.05, 0.1) is 30.5 Å². The standard InChI is InChI=1S/C25H26F2N4O6S2/c1-36-24(33)30-19(11-15-5-3-2-4-6-15)22(32)28-20(23-29-21(14-38-23)18-13-25(18,26)27)12-16-7-9-17(10-8-16)31-37-39(34)35/h2-10,14,18-20,31H,11-13H2,1H3,(H,28,32)(H,30,33)(H,34,35)/p-1/t18?,19-,20-/m0/s1. The summed E-state index contributed by atoms with van der Waals surface area (Å²) in [6.45, 7) is 0. The van der Waals surface area contributed by atoms with Gasteiger partial charge in [0, 0.05) is 18.2 Å². The van der Waals surface area contributed by atoms with Gasteiger partial charge in [-0.2, -0.15) is 4.28 Å². The zero-order chi connectivity index (χ0) is 28.0. The van der Waals surface area contributed by atoms with Crippen LogP contribution in [-0.4, -0.2) is 44.8 Å². The predicted molar refractivity (Wildman–Crippen MR) is 139 cm³/mol. The minimum Gasteiger partial charge on any atom is -0.748 e. The molecular weight excluding hydrogens is 554 g/mol. The minimum absolute atomic E-state index is 0.188. The lowest BCUT2D eigenvalue weighted by Gasteiger charge is -2.22. The summed E-state index contributed by atoms with van der Waals surface area (Å²) in [5, 5.41) is 7.46. The number of rotatable bonds is 12. The molecule has 0 spiro atoms. The van der Waals surface area contributed by atoms with Crippen molar-refractivity contribution in [3.63, 3.8) is 0 Å². The number of amides is 2. The zero-order valence-electron chi connectivity index (χ0n) is 20.6. The molecule has 2 aromatic carbocycles. The van der Waals surface area contributed by atoms with Crippen LogP contribution in [-0.2, 0) is 38.0 Å². The number of carbonyl (C=O) groups excluding carboxylic acids is 2. The maximum Gasteiger partial charge on any atom is 0.407 e. The highest BCUT2D eigenvalue weighted by Gasteiger charge is 2.58. The van der Waals surface area contributed by atoms with Crippen LogP contribution in [0.1, 0.15) is 40.2 Å². The van der Waals surface area contributed by atoms with Crippen molar-refractivity contribution in [1.82, 2.24) is 15.6 Å². The highest BCUT2D eigenvalue weighted by molar-refractivity contribution is 7.74. The first-order valence-corrected chi connectivity index (χ1v) is 13.7. The van der Waals surface area contributed by atoms with Crippen LogP contribution in [0.4, 0.5) is 19.3 Å². The van der Waals surface area contributed by atoms with E-state index in [0.717, 1.165) is 22.5 Å². The lowest BCUT2D eigenvalue weighted by atomic mass is 10.0. The Balaban J connectivity index is 1.55. The largest absolute Gasteiger partial charge is 0.748 e. The van der Waals surface area contributed by atoms with Crippen molar-refractivity contribution < 1.29 is 36.2 Å². The number of ether oxygens (including phenoxy) is 1. The van der Waals surface area contributed by atoms with E-state index in [0.29, 0.717) is 10.7 Å². The first-order chi connectivity index (χ1) is 18.6. The summed E-state index contributed by atoms with van der Waals surface area (Å²) in [4.78, 5) is 29.8. The monoisotopic (exact) mass is 579 g/mol. The molecule has 208 valence electrons. The van der Waals surface area contributed by atoms with Crippen LogP contribution in [0.25, 0.3) is 0 Å². The fourth-order valence-electron chi connectivity index (χ4n) is 3.91. The molecule has 2 amide bonds. The van der Waals surface area contributed by atoms with Crippen LogP contribution < -0.4 is 16.1 Å². The fraction of sp³-hybridized carbons (Fsp3) is 0.320. The number of thiazole rings is 1. The molecular formula is C25H25F2N4O6S2-. The van der Waals surface area contributed by atoms with Gasteiger partial charge in [-0.3, -0.25) is 10.3 Å². The average molecular weight is 580 g/mol. The van der Waals surface area contributed by atoms with Gasteiger partial charge >= 0.3 is 6.09 Å². The van der Waals surface area contributed by atoms with Crippen LogP contribution in [0.2, 0.25) is 0 Å². The molecule has 1 aliphatic rings. The molecule has 39 heavy (non-hydrogen) atoms. The van der Waals surface area contributed by atoms with Crippen molar-refractivity contribution in [3.8, 4) is 0 Å². The van der Waals surface area contributed by atoms with Gasteiger partial charge in [-0.25, -0.2) is 22.8 Å². The van der Waals surface area contributed by atoms with Crippen LogP contribution in [0.5, 0.6) is 0 Å². The number of nitrogens with zero attached hydrogens (tertiary/aromatic N) is 1. The number of hydrogen-bond acceptors (Lipinski definition) is 9. The van der Waals surface area contributed by atoms with Crippen molar-refractivity contribution in [3.05, 3.63) is 81.8 Å². The molecule has 0 aliphatic heterocycles. The highest BCUT2D eigenvalue weighted by Crippen LogP contribution is 2.55. The van der Waals surface area contributed by atoms with Crippen molar-refractivity contribution in [1.29, 1.82) is 0 Å². The van der Waals surface area contributed by atoms with Gasteiger partial charge in [0.15, 0.2) is 0 Å². The number of aromatic nitrogens is 1. The molecule has 1 fully saturated rings. The second-order valence-corrected chi connectivity index (χ2v) is 10.3. The Kier molecular flexibility index (Phi) is 9.22. The van der Waals surface area contributed by atoms with Crippen LogP contribution in [0.3, 0.4) is 0 Å². The van der Waals surface area contributed by atoms with Crippen molar-refractivity contribution in [2.45, 2.75) is 43.2 Å². The molecule has 1 saturated carbocycles. The summed E-state index contributed by atoms with van der Waals surface area (Å²) in [6.07, 6.45) is -0.614. The van der Waals surface area contributed by atoms with Crippen molar-refractivity contribution >= 4 is 40.4 Å². The normalized spacial score (nSPS) is 17.9. The number of anilines is 1. The summed E-state index contributed by atoms with van der Waals surface area (Å²) in [5.74, 6) is -4.23. The van der Waals surface area contributed by atoms with Crippen molar-refractivity contribution in [2.75, 3.05) is 12.6 Å². The number of methoxy groups -OCH3 is 1. The molecule has 1 heterocycles. The molecule has 3 aromatic rings. The molecule has 3 N–H and O–H groups in total. The molecule has 10 nitrogen and oxygen atoms in total. The SMILES string of the molecule is COC(=O)N[C@@H](Cc1ccccc1)C(=O)N[C@@H](Cc1ccc(NOS(=O)[O-])cc1)c1nc(C2CC2(F)F)cs1. The third-order valence-electron chi connectivity index (χ3n) is 6.04.